The molecule has 0 heterocycles. The molecule has 0 bridgehead atoms. The molecule has 1 aromatic carbocycles. The number of carboxylic acid groups (broad SMARTS) is 2. The van der Waals surface area contributed by atoms with E-state index >= 15 is 0 Å². The number of aliphatic carboxylic acids is 2. The molecule has 0 aromatic heterocycles. The van der Waals surface area contributed by atoms with Gasteiger partial charge in [0.15, 0.2) is 6.61 Å². The highest BCUT2D eigenvalue weighted by atomic mass is 16.6. The minimum Gasteiger partial charge on any atom is -0.482 e. The lowest BCUT2D eigenvalue weighted by Crippen LogP contribution is -2.44. The van der Waals surface area contributed by atoms with Crippen molar-refractivity contribution in [2.75, 3.05) is 6.61 Å². The van der Waals surface area contributed by atoms with Crippen LogP contribution in [0.5, 0.6) is 5.75 Å². The van der Waals surface area contributed by atoms with Gasteiger partial charge in [-0.25, -0.2) is 14.4 Å². The molecule has 1 unspecified atom stereocenters. The first-order valence-electron chi connectivity index (χ1n) is 7.22. The molecule has 1 atom stereocenters. The van der Waals surface area contributed by atoms with Crippen LogP contribution in [0, 0.1) is 0 Å². The van der Waals surface area contributed by atoms with Gasteiger partial charge in [-0.3, -0.25) is 0 Å². The second-order valence-electron chi connectivity index (χ2n) is 6.07. The molecule has 0 spiro atoms. The molecule has 132 valence electrons. The van der Waals surface area contributed by atoms with Gasteiger partial charge in [0.05, 0.1) is 0 Å². The average Bonchev–Trinajstić information content (AvgIpc) is 2.43. The lowest BCUT2D eigenvalue weighted by atomic mass is 10.1. The number of hydrogen-bond acceptors (Lipinski definition) is 5. The van der Waals surface area contributed by atoms with E-state index in [4.69, 9.17) is 14.6 Å². The summed E-state index contributed by atoms with van der Waals surface area (Å²) >= 11 is 0. The van der Waals surface area contributed by atoms with Gasteiger partial charge in [0.25, 0.3) is 0 Å². The Morgan fingerprint density at radius 3 is 2.17 bits per heavy atom. The molecule has 3 N–H and O–H groups in total. The molecule has 8 heteroatoms. The third kappa shape index (κ3) is 7.48. The molecule has 0 aliphatic rings. The van der Waals surface area contributed by atoms with Gasteiger partial charge in [-0.15, -0.1) is 0 Å². The summed E-state index contributed by atoms with van der Waals surface area (Å²) in [6.45, 7) is 4.58. The Morgan fingerprint density at radius 1 is 1.12 bits per heavy atom. The molecule has 0 saturated heterocycles. The zero-order chi connectivity index (χ0) is 18.3. The van der Waals surface area contributed by atoms with E-state index in [0.29, 0.717) is 11.3 Å². The van der Waals surface area contributed by atoms with E-state index in [9.17, 15) is 19.5 Å². The summed E-state index contributed by atoms with van der Waals surface area (Å²) in [5, 5.41) is 20.1. The standard InChI is InChI=1S/C16H21NO7/c1-16(2,3)24-15(22)17-12(14(20)21)8-10-4-6-11(7-5-10)23-9-13(18)19/h4-7,12H,8-9H2,1-3H3,(H,17,22)(H,18,19)(H,20,21). The fraction of sp³-hybridized carbons (Fsp3) is 0.438. The summed E-state index contributed by atoms with van der Waals surface area (Å²) in [4.78, 5) is 33.4. The van der Waals surface area contributed by atoms with Gasteiger partial charge in [0.2, 0.25) is 0 Å². The lowest BCUT2D eigenvalue weighted by molar-refractivity contribution is -0.140. The van der Waals surface area contributed by atoms with Crippen LogP contribution in [0.25, 0.3) is 0 Å². The van der Waals surface area contributed by atoms with Crippen molar-refractivity contribution in [3.05, 3.63) is 29.8 Å². The SMILES string of the molecule is CC(C)(C)OC(=O)NC(Cc1ccc(OCC(=O)O)cc1)C(=O)O. The second kappa shape index (κ2) is 8.19. The van der Waals surface area contributed by atoms with E-state index < -0.39 is 36.3 Å². The maximum Gasteiger partial charge on any atom is 0.408 e. The fourth-order valence-electron chi connectivity index (χ4n) is 1.75. The van der Waals surface area contributed by atoms with Crippen LogP contribution >= 0.6 is 0 Å². The zero-order valence-corrected chi connectivity index (χ0v) is 13.7. The monoisotopic (exact) mass is 339 g/mol. The summed E-state index contributed by atoms with van der Waals surface area (Å²) in [5.41, 5.74) is -0.0860. The largest absolute Gasteiger partial charge is 0.482 e. The van der Waals surface area contributed by atoms with Crippen molar-refractivity contribution in [1.29, 1.82) is 0 Å². The Hall–Kier alpha value is -2.77. The van der Waals surface area contributed by atoms with Crippen molar-refractivity contribution in [3.8, 4) is 5.75 Å². The number of nitrogens with one attached hydrogen (secondary N) is 1. The van der Waals surface area contributed by atoms with Crippen LogP contribution in [0.4, 0.5) is 4.79 Å². The Morgan fingerprint density at radius 2 is 1.71 bits per heavy atom. The van der Waals surface area contributed by atoms with Crippen molar-refractivity contribution in [2.45, 2.75) is 38.8 Å². The zero-order valence-electron chi connectivity index (χ0n) is 13.7. The van der Waals surface area contributed by atoms with Gasteiger partial charge >= 0.3 is 18.0 Å². The Balaban J connectivity index is 2.66. The molecule has 1 amide bonds. The molecule has 1 rings (SSSR count). The molecular formula is C16H21NO7. The summed E-state index contributed by atoms with van der Waals surface area (Å²) < 4.78 is 10.0. The molecule has 0 aliphatic heterocycles. The van der Waals surface area contributed by atoms with E-state index in [1.54, 1.807) is 32.9 Å². The normalized spacial score (nSPS) is 12.1. The third-order valence-corrected chi connectivity index (χ3v) is 2.71. The van der Waals surface area contributed by atoms with Crippen LogP contribution in [0.15, 0.2) is 24.3 Å². The quantitative estimate of drug-likeness (QED) is 0.690. The molecule has 0 fully saturated rings. The smallest absolute Gasteiger partial charge is 0.408 e. The number of carboxylic acids is 2. The van der Waals surface area contributed by atoms with E-state index in [0.717, 1.165) is 0 Å². The Labute approximate surface area is 139 Å². The number of ether oxygens (including phenoxy) is 2. The number of amides is 1. The lowest BCUT2D eigenvalue weighted by Gasteiger charge is -2.22. The van der Waals surface area contributed by atoms with E-state index in [1.807, 2.05) is 0 Å². The van der Waals surface area contributed by atoms with Crippen LogP contribution in [0.1, 0.15) is 26.3 Å². The number of benzene rings is 1. The van der Waals surface area contributed by atoms with Gasteiger partial charge < -0.3 is 25.0 Å². The fourth-order valence-corrected chi connectivity index (χ4v) is 1.75. The maximum atomic E-state index is 11.7. The molecule has 0 aliphatic carbocycles. The maximum absolute atomic E-state index is 11.7. The Bertz CT molecular complexity index is 589. The molecule has 0 saturated carbocycles. The summed E-state index contributed by atoms with van der Waals surface area (Å²) in [6.07, 6.45) is -0.760. The number of carbonyl (C=O) groups is 3. The molecule has 1 aromatic rings. The molecule has 8 nitrogen and oxygen atoms in total. The van der Waals surface area contributed by atoms with Crippen molar-refractivity contribution in [2.24, 2.45) is 0 Å². The number of alkyl carbamates (subject to hydrolysis) is 1. The van der Waals surface area contributed by atoms with Crippen molar-refractivity contribution >= 4 is 18.0 Å². The van der Waals surface area contributed by atoms with E-state index in [1.165, 1.54) is 12.1 Å². The van der Waals surface area contributed by atoms with Gasteiger partial charge in [-0.2, -0.15) is 0 Å². The minimum absolute atomic E-state index is 0.0494. The van der Waals surface area contributed by atoms with Gasteiger partial charge in [0, 0.05) is 6.42 Å². The van der Waals surface area contributed by atoms with E-state index in [2.05, 4.69) is 5.32 Å². The highest BCUT2D eigenvalue weighted by Gasteiger charge is 2.24. The average molecular weight is 339 g/mol. The van der Waals surface area contributed by atoms with Crippen molar-refractivity contribution in [3.63, 3.8) is 0 Å². The predicted molar refractivity (Wildman–Crippen MR) is 84.1 cm³/mol. The summed E-state index contributed by atoms with van der Waals surface area (Å²) in [7, 11) is 0. The van der Waals surface area contributed by atoms with Crippen LogP contribution in [-0.4, -0.2) is 46.5 Å². The van der Waals surface area contributed by atoms with Crippen LogP contribution < -0.4 is 10.1 Å². The van der Waals surface area contributed by atoms with E-state index in [-0.39, 0.29) is 6.42 Å². The summed E-state index contributed by atoms with van der Waals surface area (Å²) in [5.74, 6) is -1.92. The highest BCUT2D eigenvalue weighted by molar-refractivity contribution is 5.80. The molecule has 0 radical (unpaired) electrons. The van der Waals surface area contributed by atoms with Crippen LogP contribution in [0.2, 0.25) is 0 Å². The first-order valence-corrected chi connectivity index (χ1v) is 7.22. The third-order valence-electron chi connectivity index (χ3n) is 2.71. The van der Waals surface area contributed by atoms with Crippen molar-refractivity contribution < 1.29 is 34.1 Å². The number of carbonyl (C=O) groups excluding carboxylic acids is 1. The predicted octanol–water partition coefficient (Wildman–Crippen LogP) is 1.67. The van der Waals surface area contributed by atoms with Gasteiger partial charge in [0.1, 0.15) is 17.4 Å². The van der Waals surface area contributed by atoms with Gasteiger partial charge in [-0.05, 0) is 38.5 Å². The van der Waals surface area contributed by atoms with Crippen LogP contribution in [-0.2, 0) is 20.7 Å². The molecular weight excluding hydrogens is 318 g/mol. The topological polar surface area (TPSA) is 122 Å². The second-order valence-corrected chi connectivity index (χ2v) is 6.07. The highest BCUT2D eigenvalue weighted by Crippen LogP contribution is 2.14. The minimum atomic E-state index is -1.19. The first-order chi connectivity index (χ1) is 11.1. The number of hydrogen-bond donors (Lipinski definition) is 3. The summed E-state index contributed by atoms with van der Waals surface area (Å²) in [6, 6.07) is 5.12. The molecule has 24 heavy (non-hydrogen) atoms. The number of rotatable bonds is 7. The van der Waals surface area contributed by atoms with Crippen LogP contribution in [0.3, 0.4) is 0 Å². The van der Waals surface area contributed by atoms with Crippen molar-refractivity contribution in [1.82, 2.24) is 5.32 Å². The van der Waals surface area contributed by atoms with Gasteiger partial charge in [-0.1, -0.05) is 12.1 Å². The first kappa shape index (κ1) is 19.3. The Kier molecular flexibility index (Phi) is 6.58.